The van der Waals surface area contributed by atoms with Crippen molar-refractivity contribution in [3.8, 4) is 17.2 Å². The molecule has 1 rings (SSSR count). The summed E-state index contributed by atoms with van der Waals surface area (Å²) >= 11 is 0. The molecule has 1 aromatic rings. The van der Waals surface area contributed by atoms with Crippen LogP contribution in [0.1, 0.15) is 23.7 Å². The molecule has 5 heteroatoms. The summed E-state index contributed by atoms with van der Waals surface area (Å²) in [6, 6.07) is 3.14. The standard InChI is InChI=1S/C13H18O5/c1-5-6-18-12-10(15-2)7-9(13(14)17-4)8-11(12)16-3/h7-8H,5-6H2,1-4H3. The first-order valence-corrected chi connectivity index (χ1v) is 5.65. The van der Waals surface area contributed by atoms with Crippen LogP contribution in [0.4, 0.5) is 0 Å². The minimum Gasteiger partial charge on any atom is -0.493 e. The smallest absolute Gasteiger partial charge is 0.338 e. The molecule has 0 aliphatic heterocycles. The highest BCUT2D eigenvalue weighted by Gasteiger charge is 2.17. The number of carbonyl (C=O) groups excluding carboxylic acids is 1. The molecule has 0 atom stereocenters. The van der Waals surface area contributed by atoms with E-state index in [0.29, 0.717) is 29.4 Å². The number of benzene rings is 1. The molecule has 0 heterocycles. The number of hydrogen-bond donors (Lipinski definition) is 0. The number of esters is 1. The van der Waals surface area contributed by atoms with Gasteiger partial charge in [-0.3, -0.25) is 0 Å². The summed E-state index contributed by atoms with van der Waals surface area (Å²) in [4.78, 5) is 11.5. The molecule has 0 fully saturated rings. The lowest BCUT2D eigenvalue weighted by Crippen LogP contribution is -2.05. The predicted molar refractivity (Wildman–Crippen MR) is 66.7 cm³/mol. The van der Waals surface area contributed by atoms with Crippen molar-refractivity contribution in [3.05, 3.63) is 17.7 Å². The van der Waals surface area contributed by atoms with Crippen LogP contribution in [0.3, 0.4) is 0 Å². The maximum Gasteiger partial charge on any atom is 0.338 e. The number of ether oxygens (including phenoxy) is 4. The van der Waals surface area contributed by atoms with Crippen molar-refractivity contribution in [2.75, 3.05) is 27.9 Å². The summed E-state index contributed by atoms with van der Waals surface area (Å²) < 4.78 is 20.6. The monoisotopic (exact) mass is 254 g/mol. The molecule has 0 aromatic heterocycles. The second kappa shape index (κ2) is 6.74. The summed E-state index contributed by atoms with van der Waals surface area (Å²) in [5, 5.41) is 0. The van der Waals surface area contributed by atoms with E-state index in [-0.39, 0.29) is 0 Å². The van der Waals surface area contributed by atoms with E-state index >= 15 is 0 Å². The van der Waals surface area contributed by atoms with Gasteiger partial charge in [0.25, 0.3) is 0 Å². The molecule has 5 nitrogen and oxygen atoms in total. The first-order valence-electron chi connectivity index (χ1n) is 5.65. The van der Waals surface area contributed by atoms with Crippen LogP contribution in [-0.2, 0) is 4.74 Å². The molecule has 0 bridgehead atoms. The molecular formula is C13H18O5. The van der Waals surface area contributed by atoms with E-state index in [1.807, 2.05) is 6.92 Å². The van der Waals surface area contributed by atoms with Gasteiger partial charge in [-0.1, -0.05) is 6.92 Å². The Morgan fingerprint density at radius 3 is 2.06 bits per heavy atom. The summed E-state index contributed by atoms with van der Waals surface area (Å²) in [5.41, 5.74) is 0.357. The third-order valence-electron chi connectivity index (χ3n) is 2.33. The first-order chi connectivity index (χ1) is 8.67. The van der Waals surface area contributed by atoms with Crippen LogP contribution < -0.4 is 14.2 Å². The Hall–Kier alpha value is -1.91. The highest BCUT2D eigenvalue weighted by molar-refractivity contribution is 5.91. The van der Waals surface area contributed by atoms with Crippen LogP contribution in [0.2, 0.25) is 0 Å². The van der Waals surface area contributed by atoms with E-state index in [1.54, 1.807) is 12.1 Å². The molecular weight excluding hydrogens is 236 g/mol. The Morgan fingerprint density at radius 2 is 1.67 bits per heavy atom. The van der Waals surface area contributed by atoms with E-state index in [4.69, 9.17) is 14.2 Å². The Kier molecular flexibility index (Phi) is 5.30. The minimum absolute atomic E-state index is 0.357. The topological polar surface area (TPSA) is 54.0 Å². The van der Waals surface area contributed by atoms with E-state index in [2.05, 4.69) is 4.74 Å². The van der Waals surface area contributed by atoms with E-state index in [9.17, 15) is 4.79 Å². The molecule has 0 spiro atoms. The number of methoxy groups -OCH3 is 3. The Morgan fingerprint density at radius 1 is 1.11 bits per heavy atom. The zero-order chi connectivity index (χ0) is 13.5. The fourth-order valence-electron chi connectivity index (χ4n) is 1.46. The van der Waals surface area contributed by atoms with Crippen molar-refractivity contribution in [1.29, 1.82) is 0 Å². The lowest BCUT2D eigenvalue weighted by Gasteiger charge is -2.15. The van der Waals surface area contributed by atoms with Crippen molar-refractivity contribution in [1.82, 2.24) is 0 Å². The number of carbonyl (C=O) groups is 1. The fraction of sp³-hybridized carbons (Fsp3) is 0.462. The van der Waals surface area contributed by atoms with Crippen LogP contribution in [-0.4, -0.2) is 33.9 Å². The van der Waals surface area contributed by atoms with Crippen molar-refractivity contribution in [3.63, 3.8) is 0 Å². The van der Waals surface area contributed by atoms with Gasteiger partial charge in [0.15, 0.2) is 11.5 Å². The largest absolute Gasteiger partial charge is 0.493 e. The normalized spacial score (nSPS) is 9.78. The van der Waals surface area contributed by atoms with Crippen LogP contribution in [0, 0.1) is 0 Å². The summed E-state index contributed by atoms with van der Waals surface area (Å²) in [6.45, 7) is 2.55. The number of hydrogen-bond acceptors (Lipinski definition) is 5. The lowest BCUT2D eigenvalue weighted by molar-refractivity contribution is 0.0599. The molecule has 0 unspecified atom stereocenters. The van der Waals surface area contributed by atoms with Gasteiger partial charge in [0.1, 0.15) is 0 Å². The maximum absolute atomic E-state index is 11.5. The van der Waals surface area contributed by atoms with Gasteiger partial charge < -0.3 is 18.9 Å². The van der Waals surface area contributed by atoms with Crippen LogP contribution in [0.15, 0.2) is 12.1 Å². The quantitative estimate of drug-likeness (QED) is 0.729. The van der Waals surface area contributed by atoms with Gasteiger partial charge >= 0.3 is 5.97 Å². The zero-order valence-corrected chi connectivity index (χ0v) is 11.1. The molecule has 0 aliphatic carbocycles. The van der Waals surface area contributed by atoms with Gasteiger partial charge in [-0.25, -0.2) is 4.79 Å². The molecule has 1 aromatic carbocycles. The Balaban J connectivity index is 3.20. The van der Waals surface area contributed by atoms with Crippen molar-refractivity contribution < 1.29 is 23.7 Å². The summed E-state index contributed by atoms with van der Waals surface area (Å²) in [5.74, 6) is 0.939. The van der Waals surface area contributed by atoms with Crippen molar-refractivity contribution in [2.24, 2.45) is 0 Å². The fourth-order valence-corrected chi connectivity index (χ4v) is 1.46. The van der Waals surface area contributed by atoms with Crippen molar-refractivity contribution >= 4 is 5.97 Å². The molecule has 0 saturated carbocycles. The van der Waals surface area contributed by atoms with E-state index < -0.39 is 5.97 Å². The zero-order valence-electron chi connectivity index (χ0n) is 11.1. The number of rotatable bonds is 6. The third kappa shape index (κ3) is 3.06. The van der Waals surface area contributed by atoms with Crippen LogP contribution >= 0.6 is 0 Å². The average molecular weight is 254 g/mol. The van der Waals surface area contributed by atoms with Gasteiger partial charge in [-0.15, -0.1) is 0 Å². The highest BCUT2D eigenvalue weighted by Crippen LogP contribution is 2.38. The van der Waals surface area contributed by atoms with Gasteiger partial charge in [0.2, 0.25) is 5.75 Å². The maximum atomic E-state index is 11.5. The second-order valence-electron chi connectivity index (χ2n) is 3.55. The van der Waals surface area contributed by atoms with Crippen LogP contribution in [0.25, 0.3) is 0 Å². The summed E-state index contributed by atoms with van der Waals surface area (Å²) in [6.07, 6.45) is 0.866. The predicted octanol–water partition coefficient (Wildman–Crippen LogP) is 2.28. The molecule has 18 heavy (non-hydrogen) atoms. The lowest BCUT2D eigenvalue weighted by atomic mass is 10.2. The van der Waals surface area contributed by atoms with Gasteiger partial charge in [-0.05, 0) is 18.6 Å². The van der Waals surface area contributed by atoms with Gasteiger partial charge in [0, 0.05) is 0 Å². The Labute approximate surface area is 107 Å². The first kappa shape index (κ1) is 14.2. The van der Waals surface area contributed by atoms with Gasteiger partial charge in [0.05, 0.1) is 33.5 Å². The molecule has 0 saturated heterocycles. The molecule has 0 N–H and O–H groups in total. The highest BCUT2D eigenvalue weighted by atomic mass is 16.5. The van der Waals surface area contributed by atoms with E-state index in [0.717, 1.165) is 6.42 Å². The van der Waals surface area contributed by atoms with Gasteiger partial charge in [-0.2, -0.15) is 0 Å². The minimum atomic E-state index is -0.450. The molecule has 0 amide bonds. The summed E-state index contributed by atoms with van der Waals surface area (Å²) in [7, 11) is 4.34. The van der Waals surface area contributed by atoms with E-state index in [1.165, 1.54) is 21.3 Å². The second-order valence-corrected chi connectivity index (χ2v) is 3.55. The molecule has 0 aliphatic rings. The van der Waals surface area contributed by atoms with Crippen LogP contribution in [0.5, 0.6) is 17.2 Å². The Bertz CT molecular complexity index is 389. The SMILES string of the molecule is CCCOc1c(OC)cc(C(=O)OC)cc1OC. The molecule has 0 radical (unpaired) electrons. The van der Waals surface area contributed by atoms with Crippen molar-refractivity contribution in [2.45, 2.75) is 13.3 Å². The third-order valence-corrected chi connectivity index (χ3v) is 2.33. The average Bonchev–Trinajstić information content (AvgIpc) is 2.43. The molecule has 100 valence electrons.